The Morgan fingerprint density at radius 1 is 1.22 bits per heavy atom. The molecule has 0 saturated heterocycles. The molecule has 0 spiro atoms. The highest BCUT2D eigenvalue weighted by Crippen LogP contribution is 2.28. The third kappa shape index (κ3) is 3.23. The lowest BCUT2D eigenvalue weighted by atomic mass is 9.83. The molecule has 1 aromatic rings. The fourth-order valence-corrected chi connectivity index (χ4v) is 3.11. The third-order valence-corrected chi connectivity index (χ3v) is 5.00. The van der Waals surface area contributed by atoms with Gasteiger partial charge in [0.2, 0.25) is 10.0 Å². The summed E-state index contributed by atoms with van der Waals surface area (Å²) >= 11 is 0. The largest absolute Gasteiger partial charge is 0.388 e. The van der Waals surface area contributed by atoms with Crippen molar-refractivity contribution in [1.82, 2.24) is 4.72 Å². The van der Waals surface area contributed by atoms with Gasteiger partial charge in [-0.05, 0) is 36.6 Å². The van der Waals surface area contributed by atoms with Crippen LogP contribution in [0.2, 0.25) is 0 Å². The molecule has 0 atom stereocenters. The lowest BCUT2D eigenvalue weighted by molar-refractivity contribution is 0.297. The normalized spacial score (nSPS) is 16.3. The van der Waals surface area contributed by atoms with Gasteiger partial charge in [0.1, 0.15) is 0 Å². The second-order valence-corrected chi connectivity index (χ2v) is 6.52. The summed E-state index contributed by atoms with van der Waals surface area (Å²) in [6, 6.07) is 6.77. The SMILES string of the molecule is CNc1ccc(S(=O)(=O)NCCC2CCC2)cc1. The molecule has 0 amide bonds. The van der Waals surface area contributed by atoms with Crippen LogP contribution >= 0.6 is 0 Å². The van der Waals surface area contributed by atoms with E-state index in [9.17, 15) is 8.42 Å². The van der Waals surface area contributed by atoms with Crippen LogP contribution in [0.1, 0.15) is 25.7 Å². The highest BCUT2D eigenvalue weighted by Gasteiger charge is 2.19. The predicted octanol–water partition coefficient (Wildman–Crippen LogP) is 2.20. The van der Waals surface area contributed by atoms with Crippen LogP contribution in [0.15, 0.2) is 29.2 Å². The van der Waals surface area contributed by atoms with Crippen molar-refractivity contribution in [2.75, 3.05) is 18.9 Å². The summed E-state index contributed by atoms with van der Waals surface area (Å²) in [4.78, 5) is 0.329. The van der Waals surface area contributed by atoms with Gasteiger partial charge >= 0.3 is 0 Å². The van der Waals surface area contributed by atoms with Crippen LogP contribution in [0.25, 0.3) is 0 Å². The van der Waals surface area contributed by atoms with E-state index in [1.807, 2.05) is 0 Å². The van der Waals surface area contributed by atoms with Crippen molar-refractivity contribution in [2.45, 2.75) is 30.6 Å². The van der Waals surface area contributed by atoms with Crippen molar-refractivity contribution < 1.29 is 8.42 Å². The van der Waals surface area contributed by atoms with E-state index in [1.54, 1.807) is 31.3 Å². The second-order valence-electron chi connectivity index (χ2n) is 4.76. The fraction of sp³-hybridized carbons (Fsp3) is 0.538. The van der Waals surface area contributed by atoms with Gasteiger partial charge in [-0.2, -0.15) is 0 Å². The summed E-state index contributed by atoms with van der Waals surface area (Å²) in [6.45, 7) is 0.542. The van der Waals surface area contributed by atoms with Crippen LogP contribution in [0, 0.1) is 5.92 Å². The molecular formula is C13H20N2O2S. The molecule has 1 fully saturated rings. The molecule has 100 valence electrons. The number of benzene rings is 1. The maximum absolute atomic E-state index is 12.0. The first-order valence-electron chi connectivity index (χ1n) is 6.39. The van der Waals surface area contributed by atoms with E-state index in [0.29, 0.717) is 11.4 Å². The molecule has 0 aromatic heterocycles. The molecule has 0 aliphatic heterocycles. The Balaban J connectivity index is 1.91. The van der Waals surface area contributed by atoms with Gasteiger partial charge in [0.25, 0.3) is 0 Å². The lowest BCUT2D eigenvalue weighted by Gasteiger charge is -2.25. The summed E-state index contributed by atoms with van der Waals surface area (Å²) < 4.78 is 26.6. The van der Waals surface area contributed by atoms with Gasteiger partial charge in [-0.15, -0.1) is 0 Å². The van der Waals surface area contributed by atoms with Gasteiger partial charge in [-0.3, -0.25) is 0 Å². The summed E-state index contributed by atoms with van der Waals surface area (Å²) in [5, 5.41) is 2.96. The van der Waals surface area contributed by atoms with Crippen LogP contribution in [-0.2, 0) is 10.0 Å². The van der Waals surface area contributed by atoms with Gasteiger partial charge in [0.15, 0.2) is 0 Å². The first-order chi connectivity index (χ1) is 8.62. The Hall–Kier alpha value is -1.07. The molecule has 2 N–H and O–H groups in total. The quantitative estimate of drug-likeness (QED) is 0.831. The highest BCUT2D eigenvalue weighted by molar-refractivity contribution is 7.89. The molecule has 18 heavy (non-hydrogen) atoms. The number of hydrogen-bond donors (Lipinski definition) is 2. The number of anilines is 1. The van der Waals surface area contributed by atoms with E-state index in [2.05, 4.69) is 10.0 Å². The number of nitrogens with one attached hydrogen (secondary N) is 2. The smallest absolute Gasteiger partial charge is 0.240 e. The fourth-order valence-electron chi connectivity index (χ4n) is 2.06. The average Bonchev–Trinajstić information content (AvgIpc) is 2.32. The summed E-state index contributed by atoms with van der Waals surface area (Å²) in [5.74, 6) is 0.722. The van der Waals surface area contributed by atoms with E-state index in [0.717, 1.165) is 18.0 Å². The lowest BCUT2D eigenvalue weighted by Crippen LogP contribution is -2.27. The molecule has 2 rings (SSSR count). The van der Waals surface area contributed by atoms with Crippen LogP contribution in [0.3, 0.4) is 0 Å². The molecule has 4 nitrogen and oxygen atoms in total. The van der Waals surface area contributed by atoms with Gasteiger partial charge in [0.05, 0.1) is 4.90 Å². The topological polar surface area (TPSA) is 58.2 Å². The molecule has 0 unspecified atom stereocenters. The summed E-state index contributed by atoms with van der Waals surface area (Å²) in [7, 11) is -1.54. The molecule has 1 aliphatic carbocycles. The van der Waals surface area contributed by atoms with Crippen molar-refractivity contribution in [2.24, 2.45) is 5.92 Å². The van der Waals surface area contributed by atoms with Crippen LogP contribution < -0.4 is 10.0 Å². The zero-order valence-electron chi connectivity index (χ0n) is 10.6. The van der Waals surface area contributed by atoms with Crippen molar-refractivity contribution in [3.63, 3.8) is 0 Å². The molecule has 1 saturated carbocycles. The standard InChI is InChI=1S/C13H20N2O2S/c1-14-12-5-7-13(8-6-12)18(16,17)15-10-9-11-3-2-4-11/h5-8,11,14-15H,2-4,9-10H2,1H3. The van der Waals surface area contributed by atoms with E-state index < -0.39 is 10.0 Å². The molecular weight excluding hydrogens is 248 g/mol. The first-order valence-corrected chi connectivity index (χ1v) is 7.87. The minimum Gasteiger partial charge on any atom is -0.388 e. The van der Waals surface area contributed by atoms with E-state index in [-0.39, 0.29) is 0 Å². The molecule has 5 heteroatoms. The molecule has 0 heterocycles. The van der Waals surface area contributed by atoms with Crippen molar-refractivity contribution >= 4 is 15.7 Å². The van der Waals surface area contributed by atoms with Crippen LogP contribution in [0.5, 0.6) is 0 Å². The Labute approximate surface area is 109 Å². The highest BCUT2D eigenvalue weighted by atomic mass is 32.2. The zero-order chi connectivity index (χ0) is 13.0. The average molecular weight is 268 g/mol. The second kappa shape index (κ2) is 5.71. The number of hydrogen-bond acceptors (Lipinski definition) is 3. The first kappa shape index (κ1) is 13.4. The minimum absolute atomic E-state index is 0.329. The van der Waals surface area contributed by atoms with Crippen LogP contribution in [-0.4, -0.2) is 22.0 Å². The van der Waals surface area contributed by atoms with Crippen LogP contribution in [0.4, 0.5) is 5.69 Å². The number of rotatable bonds is 6. The zero-order valence-corrected chi connectivity index (χ0v) is 11.5. The molecule has 1 aliphatic rings. The Bertz CT molecular complexity index is 478. The Kier molecular flexibility index (Phi) is 4.24. The van der Waals surface area contributed by atoms with E-state index >= 15 is 0 Å². The van der Waals surface area contributed by atoms with Crippen molar-refractivity contribution in [3.05, 3.63) is 24.3 Å². The minimum atomic E-state index is -3.34. The summed E-state index contributed by atoms with van der Waals surface area (Å²) in [6.07, 6.45) is 4.74. The monoisotopic (exact) mass is 268 g/mol. The summed E-state index contributed by atoms with van der Waals surface area (Å²) in [5.41, 5.74) is 0.906. The van der Waals surface area contributed by atoms with Gasteiger partial charge < -0.3 is 5.32 Å². The van der Waals surface area contributed by atoms with E-state index in [4.69, 9.17) is 0 Å². The van der Waals surface area contributed by atoms with Crippen molar-refractivity contribution in [3.8, 4) is 0 Å². The van der Waals surface area contributed by atoms with Gasteiger partial charge in [0, 0.05) is 19.3 Å². The predicted molar refractivity (Wildman–Crippen MR) is 73.1 cm³/mol. The van der Waals surface area contributed by atoms with E-state index in [1.165, 1.54) is 19.3 Å². The molecule has 0 radical (unpaired) electrons. The van der Waals surface area contributed by atoms with Crippen molar-refractivity contribution in [1.29, 1.82) is 0 Å². The maximum atomic E-state index is 12.0. The third-order valence-electron chi connectivity index (χ3n) is 3.52. The van der Waals surface area contributed by atoms with Gasteiger partial charge in [-0.25, -0.2) is 13.1 Å². The molecule has 0 bridgehead atoms. The maximum Gasteiger partial charge on any atom is 0.240 e. The number of sulfonamides is 1. The Morgan fingerprint density at radius 2 is 1.89 bits per heavy atom. The Morgan fingerprint density at radius 3 is 2.39 bits per heavy atom. The van der Waals surface area contributed by atoms with Gasteiger partial charge in [-0.1, -0.05) is 19.3 Å². The molecule has 1 aromatic carbocycles.